The number of esters is 1. The third-order valence-corrected chi connectivity index (χ3v) is 8.29. The Morgan fingerprint density at radius 1 is 1.17 bits per heavy atom. The number of allylic oxidation sites excluding steroid dienone is 1. The van der Waals surface area contributed by atoms with E-state index < -0.39 is 70.0 Å². The normalized spacial score (nSPS) is 58.2. The van der Waals surface area contributed by atoms with Crippen LogP contribution in [0.1, 0.15) is 33.6 Å². The van der Waals surface area contributed by atoms with Crippen LogP contribution in [0.5, 0.6) is 0 Å². The van der Waals surface area contributed by atoms with E-state index in [2.05, 4.69) is 0 Å². The van der Waals surface area contributed by atoms with Crippen molar-refractivity contribution in [2.45, 2.75) is 68.2 Å². The molecule has 0 radical (unpaired) electrons. The Morgan fingerprint density at radius 2 is 1.83 bits per heavy atom. The molecule has 3 aliphatic heterocycles. The molecule has 4 bridgehead atoms. The first-order valence-corrected chi connectivity index (χ1v) is 10.00. The summed E-state index contributed by atoms with van der Waals surface area (Å²) in [7, 11) is 0. The molecule has 29 heavy (non-hydrogen) atoms. The van der Waals surface area contributed by atoms with Crippen LogP contribution in [0.2, 0.25) is 0 Å². The first kappa shape index (κ1) is 19.4. The number of hydrogen-bond donors (Lipinski definition) is 5. The van der Waals surface area contributed by atoms with Gasteiger partial charge in [-0.3, -0.25) is 4.79 Å². The van der Waals surface area contributed by atoms with Gasteiger partial charge in [-0.05, 0) is 26.7 Å². The van der Waals surface area contributed by atoms with Gasteiger partial charge in [0.15, 0.2) is 17.0 Å². The quantitative estimate of drug-likeness (QED) is 0.341. The molecule has 0 aromatic rings. The summed E-state index contributed by atoms with van der Waals surface area (Å²) < 4.78 is 12.1. The summed E-state index contributed by atoms with van der Waals surface area (Å²) in [6.45, 7) is 4.10. The number of hydrogen-bond acceptors (Lipinski definition) is 9. The smallest absolute Gasteiger partial charge is 0.341 e. The van der Waals surface area contributed by atoms with Crippen molar-refractivity contribution in [3.63, 3.8) is 0 Å². The Labute approximate surface area is 166 Å². The zero-order chi connectivity index (χ0) is 21.3. The van der Waals surface area contributed by atoms with Crippen molar-refractivity contribution in [2.75, 3.05) is 6.61 Å². The minimum atomic E-state index is -1.89. The molecule has 10 atom stereocenters. The van der Waals surface area contributed by atoms with Gasteiger partial charge in [-0.15, -0.1) is 0 Å². The number of ether oxygens (including phenoxy) is 2. The van der Waals surface area contributed by atoms with Crippen LogP contribution in [-0.2, 0) is 19.1 Å². The summed E-state index contributed by atoms with van der Waals surface area (Å²) in [6.07, 6.45) is -2.88. The number of fused-ring (bicyclic) bond motifs is 1. The second-order valence-electron chi connectivity index (χ2n) is 9.83. The molecule has 0 amide bonds. The fourth-order valence-electron chi connectivity index (χ4n) is 7.00. The number of Topliss-reactive ketones (excluding diaryl/α,β-unsaturated/α-hetero) is 1. The third kappa shape index (κ3) is 1.78. The zero-order valence-corrected chi connectivity index (χ0v) is 16.5. The van der Waals surface area contributed by atoms with Crippen molar-refractivity contribution in [3.8, 4) is 0 Å². The maximum absolute atomic E-state index is 13.5. The SMILES string of the molecule is CC1CC(C)(O)C(=O)C2C(O)C3C(O)C4(C)OC25C(=C1O)C(=O)OC35CC4CO. The Balaban J connectivity index is 1.87. The van der Waals surface area contributed by atoms with Crippen LogP contribution in [-0.4, -0.2) is 78.5 Å². The van der Waals surface area contributed by atoms with Gasteiger partial charge in [-0.1, -0.05) is 6.92 Å². The highest BCUT2D eigenvalue weighted by Gasteiger charge is 2.90. The second kappa shape index (κ2) is 5.20. The first-order valence-electron chi connectivity index (χ1n) is 10.00. The molecule has 3 aliphatic carbocycles. The van der Waals surface area contributed by atoms with Crippen LogP contribution in [0, 0.1) is 23.7 Å². The highest BCUT2D eigenvalue weighted by Crippen LogP contribution is 2.73. The van der Waals surface area contributed by atoms with E-state index in [0.29, 0.717) is 0 Å². The predicted octanol–water partition coefficient (Wildman–Crippen LogP) is -1.04. The molecule has 0 aromatic heterocycles. The predicted molar refractivity (Wildman–Crippen MR) is 94.3 cm³/mol. The van der Waals surface area contributed by atoms with Gasteiger partial charge in [0.2, 0.25) is 0 Å². The lowest BCUT2D eigenvalue weighted by Crippen LogP contribution is -2.77. The van der Waals surface area contributed by atoms with Crippen LogP contribution >= 0.6 is 0 Å². The van der Waals surface area contributed by atoms with Crippen molar-refractivity contribution in [2.24, 2.45) is 23.7 Å². The molecule has 5 fully saturated rings. The monoisotopic (exact) mass is 410 g/mol. The van der Waals surface area contributed by atoms with Crippen LogP contribution in [0.3, 0.4) is 0 Å². The molecule has 2 saturated carbocycles. The molecular formula is C20H26O9. The van der Waals surface area contributed by atoms with Gasteiger partial charge >= 0.3 is 5.97 Å². The van der Waals surface area contributed by atoms with Crippen molar-refractivity contribution in [1.82, 2.24) is 0 Å². The molecule has 2 spiro atoms. The van der Waals surface area contributed by atoms with Crippen LogP contribution in [0.4, 0.5) is 0 Å². The van der Waals surface area contributed by atoms with Crippen molar-refractivity contribution in [1.29, 1.82) is 0 Å². The van der Waals surface area contributed by atoms with Gasteiger partial charge < -0.3 is 35.0 Å². The van der Waals surface area contributed by atoms with E-state index in [0.717, 1.165) is 0 Å². The highest BCUT2D eigenvalue weighted by molar-refractivity contribution is 6.01. The molecular weight excluding hydrogens is 384 g/mol. The van der Waals surface area contributed by atoms with E-state index in [9.17, 15) is 35.1 Å². The van der Waals surface area contributed by atoms with Crippen LogP contribution in [0.15, 0.2) is 11.3 Å². The van der Waals surface area contributed by atoms with Gasteiger partial charge in [0.25, 0.3) is 0 Å². The molecule has 0 aromatic carbocycles. The van der Waals surface area contributed by atoms with Crippen molar-refractivity contribution >= 4 is 11.8 Å². The molecule has 3 heterocycles. The Kier molecular flexibility index (Phi) is 3.49. The van der Waals surface area contributed by atoms with E-state index in [4.69, 9.17) is 9.47 Å². The van der Waals surface area contributed by atoms with Gasteiger partial charge in [0.1, 0.15) is 16.9 Å². The Bertz CT molecular complexity index is 864. The minimum absolute atomic E-state index is 0.0572. The van der Waals surface area contributed by atoms with Crippen LogP contribution in [0.25, 0.3) is 0 Å². The fourth-order valence-corrected chi connectivity index (χ4v) is 7.00. The molecule has 6 rings (SSSR count). The van der Waals surface area contributed by atoms with E-state index in [-0.39, 0.29) is 30.8 Å². The lowest BCUT2D eigenvalue weighted by molar-refractivity contribution is -0.348. The maximum Gasteiger partial charge on any atom is 0.341 e. The number of aliphatic hydroxyl groups excluding tert-OH is 4. The van der Waals surface area contributed by atoms with E-state index in [1.807, 2.05) is 0 Å². The molecule has 5 N–H and O–H groups in total. The minimum Gasteiger partial charge on any atom is -0.511 e. The largest absolute Gasteiger partial charge is 0.511 e. The van der Waals surface area contributed by atoms with Crippen LogP contribution < -0.4 is 0 Å². The molecule has 9 heteroatoms. The van der Waals surface area contributed by atoms with Gasteiger partial charge in [0, 0.05) is 18.4 Å². The first-order chi connectivity index (χ1) is 13.4. The van der Waals surface area contributed by atoms with Gasteiger partial charge in [0.05, 0.1) is 29.6 Å². The molecule has 3 saturated heterocycles. The topological polar surface area (TPSA) is 154 Å². The second-order valence-corrected chi connectivity index (χ2v) is 9.83. The maximum atomic E-state index is 13.5. The summed E-state index contributed by atoms with van der Waals surface area (Å²) in [5.74, 6) is -5.74. The number of aliphatic hydroxyl groups is 5. The van der Waals surface area contributed by atoms with Crippen molar-refractivity contribution in [3.05, 3.63) is 11.3 Å². The Morgan fingerprint density at radius 3 is 2.45 bits per heavy atom. The zero-order valence-electron chi connectivity index (χ0n) is 16.5. The number of ketones is 1. The van der Waals surface area contributed by atoms with E-state index >= 15 is 0 Å². The summed E-state index contributed by atoms with van der Waals surface area (Å²) in [5, 5.41) is 54.1. The molecule has 6 aliphatic rings. The average molecular weight is 410 g/mol. The molecule has 160 valence electrons. The molecule has 10 unspecified atom stereocenters. The van der Waals surface area contributed by atoms with E-state index in [1.54, 1.807) is 13.8 Å². The van der Waals surface area contributed by atoms with Crippen molar-refractivity contribution < 1.29 is 44.6 Å². The third-order valence-electron chi connectivity index (χ3n) is 8.29. The number of carbonyl (C=O) groups is 2. The number of carbonyl (C=O) groups excluding carboxylic acids is 2. The summed E-state index contributed by atoms with van der Waals surface area (Å²) in [5.41, 5.74) is -6.95. The average Bonchev–Trinajstić information content (AvgIpc) is 2.95. The lowest BCUT2D eigenvalue weighted by atomic mass is 9.55. The van der Waals surface area contributed by atoms with Gasteiger partial charge in [-0.25, -0.2) is 4.79 Å². The van der Waals surface area contributed by atoms with E-state index in [1.165, 1.54) is 6.92 Å². The summed E-state index contributed by atoms with van der Waals surface area (Å²) >= 11 is 0. The highest BCUT2D eigenvalue weighted by atomic mass is 16.6. The summed E-state index contributed by atoms with van der Waals surface area (Å²) in [4.78, 5) is 26.5. The standard InChI is InChI=1S/C20H26O9/c1-7-4-17(2,27)14(24)10-13(23)9-15(25)18(3)8(6-21)5-19(9)20(10,29-18)11(12(7)22)16(26)28-19/h7-10,13,15,21-23,25,27H,4-6H2,1-3H3. The lowest BCUT2D eigenvalue weighted by Gasteiger charge is -2.63. The fraction of sp³-hybridized carbons (Fsp3) is 0.800. The summed E-state index contributed by atoms with van der Waals surface area (Å²) in [6, 6.07) is 0. The molecule has 9 nitrogen and oxygen atoms in total. The number of rotatable bonds is 1. The van der Waals surface area contributed by atoms with Gasteiger partial charge in [-0.2, -0.15) is 0 Å². The Hall–Kier alpha value is -1.52.